The summed E-state index contributed by atoms with van der Waals surface area (Å²) in [4.78, 5) is 25.0. The average Bonchev–Trinajstić information content (AvgIpc) is 3.03. The molecule has 0 aromatic rings. The number of rotatable bonds is 36. The molecule has 0 N–H and O–H groups in total. The molecule has 0 aromatic heterocycles. The van der Waals surface area contributed by atoms with Crippen LogP contribution in [0.2, 0.25) is 0 Å². The van der Waals surface area contributed by atoms with Crippen molar-refractivity contribution in [3.63, 3.8) is 0 Å². The topological polar surface area (TPSA) is 52.6 Å². The van der Waals surface area contributed by atoms with Crippen molar-refractivity contribution < 1.29 is 19.1 Å². The lowest BCUT2D eigenvalue weighted by Crippen LogP contribution is -2.29. The van der Waals surface area contributed by atoms with E-state index in [4.69, 9.17) is 9.47 Å². The number of ether oxygens (including phenoxy) is 2. The van der Waals surface area contributed by atoms with E-state index in [1.807, 2.05) is 0 Å². The summed E-state index contributed by atoms with van der Waals surface area (Å²) in [7, 11) is 0. The summed E-state index contributed by atoms with van der Waals surface area (Å²) in [5, 5.41) is 0. The second-order valence-corrected chi connectivity index (χ2v) is 16.0. The maximum Gasteiger partial charge on any atom is 0.306 e. The van der Waals surface area contributed by atoms with E-state index >= 15 is 0 Å². The predicted octanol–water partition coefficient (Wildman–Crippen LogP) is 14.4. The number of unbranched alkanes of at least 4 members (excludes halogenated alkanes) is 28. The minimum atomic E-state index is -0.358. The smallest absolute Gasteiger partial charge is 0.306 e. The molecule has 0 aliphatic rings. The third kappa shape index (κ3) is 37.6. The fourth-order valence-corrected chi connectivity index (χ4v) is 6.60. The quantitative estimate of drug-likeness (QED) is 0.0494. The van der Waals surface area contributed by atoms with Gasteiger partial charge in [-0.3, -0.25) is 9.59 Å². The Morgan fingerprint density at radius 3 is 1.00 bits per heavy atom. The molecule has 0 saturated carbocycles. The molecule has 0 aliphatic carbocycles. The van der Waals surface area contributed by atoms with Gasteiger partial charge in [0.25, 0.3) is 0 Å². The zero-order valence-corrected chi connectivity index (χ0v) is 32.8. The molecule has 4 heteroatoms. The van der Waals surface area contributed by atoms with E-state index in [0.717, 1.165) is 25.7 Å². The third-order valence-corrected chi connectivity index (χ3v) is 9.54. The van der Waals surface area contributed by atoms with E-state index in [1.165, 1.54) is 167 Å². The fraction of sp³-hybridized carbons (Fsp3) is 0.953. The highest BCUT2D eigenvalue weighted by atomic mass is 16.6. The van der Waals surface area contributed by atoms with Crippen LogP contribution in [0.15, 0.2) is 0 Å². The van der Waals surface area contributed by atoms with Gasteiger partial charge in [-0.1, -0.05) is 214 Å². The van der Waals surface area contributed by atoms with Crippen LogP contribution in [0.3, 0.4) is 0 Å². The lowest BCUT2D eigenvalue weighted by atomic mass is 9.89. The summed E-state index contributed by atoms with van der Waals surface area (Å²) in [6.45, 7) is 11.2. The molecule has 0 spiro atoms. The monoisotopic (exact) mass is 665 g/mol. The molecule has 0 amide bonds. The molecular weight excluding hydrogens is 580 g/mol. The fourth-order valence-electron chi connectivity index (χ4n) is 6.60. The Kier molecular flexibility index (Phi) is 34.0. The van der Waals surface area contributed by atoms with Crippen LogP contribution in [0, 0.1) is 5.41 Å². The van der Waals surface area contributed by atoms with Crippen LogP contribution in [0.1, 0.15) is 247 Å². The first kappa shape index (κ1) is 45.9. The molecular formula is C43H84O4. The van der Waals surface area contributed by atoms with Crippen molar-refractivity contribution in [2.45, 2.75) is 253 Å². The largest absolute Gasteiger partial charge is 0.462 e. The summed E-state index contributed by atoms with van der Waals surface area (Å²) in [5.41, 5.74) is 0.000232. The number of esters is 2. The van der Waals surface area contributed by atoms with Gasteiger partial charge in [0.15, 0.2) is 0 Å². The summed E-state index contributed by atoms with van der Waals surface area (Å²) in [6.07, 6.45) is 40.7. The van der Waals surface area contributed by atoms with E-state index in [-0.39, 0.29) is 30.1 Å². The molecule has 0 radical (unpaired) electrons. The first-order valence-electron chi connectivity index (χ1n) is 21.1. The van der Waals surface area contributed by atoms with Crippen LogP contribution in [-0.4, -0.2) is 24.6 Å². The molecule has 0 saturated heterocycles. The van der Waals surface area contributed by atoms with Gasteiger partial charge in [0.2, 0.25) is 0 Å². The van der Waals surface area contributed by atoms with E-state index in [1.54, 1.807) is 0 Å². The number of carbonyl (C=O) groups excluding carboxylic acids is 2. The van der Waals surface area contributed by atoms with E-state index < -0.39 is 0 Å². The molecule has 0 bridgehead atoms. The van der Waals surface area contributed by atoms with Crippen molar-refractivity contribution in [2.75, 3.05) is 6.61 Å². The number of hydrogen-bond donors (Lipinski definition) is 0. The van der Waals surface area contributed by atoms with Crippen LogP contribution >= 0.6 is 0 Å². The molecule has 4 nitrogen and oxygen atoms in total. The van der Waals surface area contributed by atoms with E-state index in [2.05, 4.69) is 34.6 Å². The van der Waals surface area contributed by atoms with Crippen LogP contribution in [0.5, 0.6) is 0 Å². The number of hydrogen-bond acceptors (Lipinski definition) is 4. The maximum atomic E-state index is 12.6. The van der Waals surface area contributed by atoms with Gasteiger partial charge in [-0.15, -0.1) is 0 Å². The van der Waals surface area contributed by atoms with Crippen molar-refractivity contribution in [1.82, 2.24) is 0 Å². The molecule has 0 heterocycles. The van der Waals surface area contributed by atoms with Crippen LogP contribution in [-0.2, 0) is 19.1 Å². The van der Waals surface area contributed by atoms with Gasteiger partial charge in [0, 0.05) is 12.8 Å². The van der Waals surface area contributed by atoms with Gasteiger partial charge in [0.1, 0.15) is 12.7 Å². The van der Waals surface area contributed by atoms with Gasteiger partial charge in [0.05, 0.1) is 0 Å². The lowest BCUT2D eigenvalue weighted by molar-refractivity contribution is -0.161. The molecule has 0 aliphatic heterocycles. The summed E-state index contributed by atoms with van der Waals surface area (Å²) in [6, 6.07) is 0. The van der Waals surface area contributed by atoms with Crippen LogP contribution in [0.4, 0.5) is 0 Å². The predicted molar refractivity (Wildman–Crippen MR) is 204 cm³/mol. The highest BCUT2D eigenvalue weighted by Gasteiger charge is 2.23. The summed E-state index contributed by atoms with van der Waals surface area (Å²) >= 11 is 0. The molecule has 1 atom stereocenters. The van der Waals surface area contributed by atoms with Crippen molar-refractivity contribution >= 4 is 11.9 Å². The Labute approximate surface area is 295 Å². The van der Waals surface area contributed by atoms with Crippen molar-refractivity contribution in [3.8, 4) is 0 Å². The second kappa shape index (κ2) is 34.8. The Morgan fingerprint density at radius 1 is 0.426 bits per heavy atom. The minimum Gasteiger partial charge on any atom is -0.462 e. The Hall–Kier alpha value is -1.06. The molecule has 47 heavy (non-hydrogen) atoms. The van der Waals surface area contributed by atoms with E-state index in [0.29, 0.717) is 19.3 Å². The SMILES string of the molecule is CCCCCCCCCCCCCCCCCC(=O)OCC(CC(C)(C)C)OC(=O)CCCCCCCCCCCCCCCCC. The molecule has 1 unspecified atom stereocenters. The molecule has 0 aromatic carbocycles. The molecule has 0 rings (SSSR count). The van der Waals surface area contributed by atoms with Crippen molar-refractivity contribution in [2.24, 2.45) is 5.41 Å². The molecule has 280 valence electrons. The summed E-state index contributed by atoms with van der Waals surface area (Å²) in [5.74, 6) is -0.301. The lowest BCUT2D eigenvalue weighted by Gasteiger charge is -2.25. The highest BCUT2D eigenvalue weighted by Crippen LogP contribution is 2.24. The number of carbonyl (C=O) groups is 2. The minimum absolute atomic E-state index is 0.000232. The zero-order chi connectivity index (χ0) is 34.7. The Balaban J connectivity index is 3.80. The average molecular weight is 665 g/mol. The van der Waals surface area contributed by atoms with Gasteiger partial charge < -0.3 is 9.47 Å². The van der Waals surface area contributed by atoms with Crippen molar-refractivity contribution in [1.29, 1.82) is 0 Å². The van der Waals surface area contributed by atoms with Gasteiger partial charge in [-0.2, -0.15) is 0 Å². The van der Waals surface area contributed by atoms with Gasteiger partial charge in [-0.25, -0.2) is 0 Å². The standard InChI is InChI=1S/C43H84O4/c1-6-8-10-12-14-16-18-20-22-24-26-28-30-32-34-36-41(44)46-39-40(38-43(3,4)5)47-42(45)37-35-33-31-29-27-25-23-21-19-17-15-13-11-9-7-2/h40H,6-39H2,1-5H3. The summed E-state index contributed by atoms with van der Waals surface area (Å²) < 4.78 is 11.4. The highest BCUT2D eigenvalue weighted by molar-refractivity contribution is 5.70. The third-order valence-electron chi connectivity index (χ3n) is 9.54. The second-order valence-electron chi connectivity index (χ2n) is 16.0. The first-order chi connectivity index (χ1) is 22.8. The van der Waals surface area contributed by atoms with Crippen LogP contribution < -0.4 is 0 Å². The normalized spacial score (nSPS) is 12.4. The van der Waals surface area contributed by atoms with Crippen molar-refractivity contribution in [3.05, 3.63) is 0 Å². The Morgan fingerprint density at radius 2 is 0.702 bits per heavy atom. The Bertz CT molecular complexity index is 667. The zero-order valence-electron chi connectivity index (χ0n) is 32.8. The maximum absolute atomic E-state index is 12.6. The first-order valence-corrected chi connectivity index (χ1v) is 21.1. The molecule has 0 fully saturated rings. The van der Waals surface area contributed by atoms with Gasteiger partial charge >= 0.3 is 11.9 Å². The van der Waals surface area contributed by atoms with Gasteiger partial charge in [-0.05, 0) is 24.7 Å². The van der Waals surface area contributed by atoms with Crippen LogP contribution in [0.25, 0.3) is 0 Å². The van der Waals surface area contributed by atoms with E-state index in [9.17, 15) is 9.59 Å².